The lowest BCUT2D eigenvalue weighted by molar-refractivity contribution is 0.303. The third kappa shape index (κ3) is 6.17. The van der Waals surface area contributed by atoms with Gasteiger partial charge >= 0.3 is 0 Å². The molecule has 1 aromatic carbocycles. The Morgan fingerprint density at radius 2 is 2.00 bits per heavy atom. The maximum atomic E-state index is 13.5. The quantitative estimate of drug-likeness (QED) is 0.736. The third-order valence-corrected chi connectivity index (χ3v) is 3.48. The van der Waals surface area contributed by atoms with Gasteiger partial charge < -0.3 is 10.2 Å². The zero-order valence-electron chi connectivity index (χ0n) is 12.5. The number of hydrogen-bond donors (Lipinski definition) is 1. The Kier molecular flexibility index (Phi) is 7.68. The number of halogens is 1. The highest BCUT2D eigenvalue weighted by atomic mass is 19.1. The van der Waals surface area contributed by atoms with E-state index in [0.717, 1.165) is 25.1 Å². The molecule has 0 saturated heterocycles. The van der Waals surface area contributed by atoms with Crippen LogP contribution in [0.5, 0.6) is 0 Å². The van der Waals surface area contributed by atoms with E-state index < -0.39 is 0 Å². The van der Waals surface area contributed by atoms with Gasteiger partial charge in [0.25, 0.3) is 0 Å². The monoisotopic (exact) mass is 266 g/mol. The third-order valence-electron chi connectivity index (χ3n) is 3.48. The molecule has 0 saturated carbocycles. The van der Waals surface area contributed by atoms with Crippen molar-refractivity contribution in [1.29, 1.82) is 0 Å². The summed E-state index contributed by atoms with van der Waals surface area (Å²) in [5.74, 6) is -0.103. The van der Waals surface area contributed by atoms with Crippen molar-refractivity contribution in [3.63, 3.8) is 0 Å². The van der Waals surface area contributed by atoms with E-state index in [9.17, 15) is 4.39 Å². The van der Waals surface area contributed by atoms with Gasteiger partial charge in [0.05, 0.1) is 0 Å². The van der Waals surface area contributed by atoms with Crippen molar-refractivity contribution in [3.05, 3.63) is 35.6 Å². The molecule has 0 aromatic heterocycles. The normalized spacial score (nSPS) is 12.9. The Morgan fingerprint density at radius 1 is 1.26 bits per heavy atom. The molecule has 3 heteroatoms. The summed E-state index contributed by atoms with van der Waals surface area (Å²) in [5.41, 5.74) is 0.781. The number of nitrogens with one attached hydrogen (secondary N) is 1. The molecule has 0 amide bonds. The molecule has 0 radical (unpaired) electrons. The topological polar surface area (TPSA) is 15.3 Å². The van der Waals surface area contributed by atoms with Crippen molar-refractivity contribution in [2.75, 3.05) is 20.1 Å². The highest BCUT2D eigenvalue weighted by Gasteiger charge is 2.07. The lowest BCUT2D eigenvalue weighted by Crippen LogP contribution is -2.29. The molecule has 0 heterocycles. The molecule has 0 spiro atoms. The molecular weight excluding hydrogens is 239 g/mol. The van der Waals surface area contributed by atoms with Crippen LogP contribution in [0, 0.1) is 5.82 Å². The fourth-order valence-corrected chi connectivity index (χ4v) is 2.34. The van der Waals surface area contributed by atoms with Crippen LogP contribution in [0.1, 0.15) is 38.7 Å². The minimum atomic E-state index is -0.103. The summed E-state index contributed by atoms with van der Waals surface area (Å²) in [6.45, 7) is 7.09. The van der Waals surface area contributed by atoms with E-state index in [-0.39, 0.29) is 5.82 Å². The van der Waals surface area contributed by atoms with Crippen molar-refractivity contribution in [2.24, 2.45) is 0 Å². The van der Waals surface area contributed by atoms with Gasteiger partial charge in [-0.15, -0.1) is 0 Å². The summed E-state index contributed by atoms with van der Waals surface area (Å²) in [6.07, 6.45) is 3.51. The van der Waals surface area contributed by atoms with E-state index in [0.29, 0.717) is 12.6 Å². The zero-order valence-corrected chi connectivity index (χ0v) is 12.5. The number of hydrogen-bond acceptors (Lipinski definition) is 2. The number of nitrogens with zero attached hydrogens (tertiary/aromatic N) is 1. The lowest BCUT2D eigenvalue weighted by atomic mass is 10.1. The first-order valence-corrected chi connectivity index (χ1v) is 7.32. The summed E-state index contributed by atoms with van der Waals surface area (Å²) >= 11 is 0. The Hall–Kier alpha value is -0.930. The first-order chi connectivity index (χ1) is 9.17. The predicted octanol–water partition coefficient (Wildman–Crippen LogP) is 3.43. The standard InChI is InChI=1S/C16H27FN2/c1-4-15(18-5-2)10-8-12-19(3)13-14-9-6-7-11-16(14)17/h6-7,9,11,15,18H,4-5,8,10,12-13H2,1-3H3. The van der Waals surface area contributed by atoms with Crippen LogP contribution in [-0.4, -0.2) is 31.1 Å². The predicted molar refractivity (Wildman–Crippen MR) is 79.7 cm³/mol. The van der Waals surface area contributed by atoms with Crippen molar-refractivity contribution < 1.29 is 4.39 Å². The molecule has 2 nitrogen and oxygen atoms in total. The molecular formula is C16H27FN2. The van der Waals surface area contributed by atoms with Crippen molar-refractivity contribution in [1.82, 2.24) is 10.2 Å². The van der Waals surface area contributed by atoms with Gasteiger partial charge in [-0.25, -0.2) is 4.39 Å². The Balaban J connectivity index is 2.28. The van der Waals surface area contributed by atoms with Crippen LogP contribution in [0.4, 0.5) is 4.39 Å². The number of benzene rings is 1. The van der Waals surface area contributed by atoms with Gasteiger partial charge in [-0.3, -0.25) is 0 Å². The summed E-state index contributed by atoms with van der Waals surface area (Å²) in [6, 6.07) is 7.64. The van der Waals surface area contributed by atoms with Gasteiger partial charge in [-0.05, 0) is 45.5 Å². The van der Waals surface area contributed by atoms with Gasteiger partial charge in [-0.2, -0.15) is 0 Å². The molecule has 0 bridgehead atoms. The van der Waals surface area contributed by atoms with Gasteiger partial charge in [0, 0.05) is 18.2 Å². The van der Waals surface area contributed by atoms with Crippen LogP contribution in [0.2, 0.25) is 0 Å². The summed E-state index contributed by atoms with van der Waals surface area (Å²) in [4.78, 5) is 2.19. The van der Waals surface area contributed by atoms with Crippen LogP contribution >= 0.6 is 0 Å². The Bertz CT molecular complexity index is 354. The largest absolute Gasteiger partial charge is 0.314 e. The highest BCUT2D eigenvalue weighted by molar-refractivity contribution is 5.16. The molecule has 0 aliphatic carbocycles. The van der Waals surface area contributed by atoms with Crippen LogP contribution in [0.3, 0.4) is 0 Å². The highest BCUT2D eigenvalue weighted by Crippen LogP contribution is 2.10. The van der Waals surface area contributed by atoms with E-state index >= 15 is 0 Å². The average Bonchev–Trinajstić information content (AvgIpc) is 2.40. The average molecular weight is 266 g/mol. The molecule has 1 unspecified atom stereocenters. The second-order valence-corrected chi connectivity index (χ2v) is 5.13. The van der Waals surface area contributed by atoms with Gasteiger partial charge in [-0.1, -0.05) is 32.0 Å². The van der Waals surface area contributed by atoms with Crippen LogP contribution in [-0.2, 0) is 6.54 Å². The molecule has 1 aromatic rings. The Labute approximate surface area is 117 Å². The fourth-order valence-electron chi connectivity index (χ4n) is 2.34. The van der Waals surface area contributed by atoms with E-state index in [1.165, 1.54) is 18.9 Å². The second kappa shape index (κ2) is 9.05. The van der Waals surface area contributed by atoms with Gasteiger partial charge in [0.1, 0.15) is 5.82 Å². The van der Waals surface area contributed by atoms with Crippen LogP contribution in [0.25, 0.3) is 0 Å². The first-order valence-electron chi connectivity index (χ1n) is 7.32. The molecule has 1 atom stereocenters. The van der Waals surface area contributed by atoms with E-state index in [4.69, 9.17) is 0 Å². The zero-order chi connectivity index (χ0) is 14.1. The van der Waals surface area contributed by atoms with Crippen LogP contribution < -0.4 is 5.32 Å². The van der Waals surface area contributed by atoms with Crippen molar-refractivity contribution >= 4 is 0 Å². The molecule has 1 N–H and O–H groups in total. The molecule has 1 rings (SSSR count). The molecule has 0 aliphatic rings. The smallest absolute Gasteiger partial charge is 0.127 e. The number of rotatable bonds is 9. The fraction of sp³-hybridized carbons (Fsp3) is 0.625. The molecule has 0 aliphatic heterocycles. The van der Waals surface area contributed by atoms with E-state index in [1.807, 2.05) is 12.1 Å². The Morgan fingerprint density at radius 3 is 2.63 bits per heavy atom. The minimum Gasteiger partial charge on any atom is -0.314 e. The maximum Gasteiger partial charge on any atom is 0.127 e. The SMILES string of the molecule is CCNC(CC)CCCN(C)Cc1ccccc1F. The van der Waals surface area contributed by atoms with Gasteiger partial charge in [0.2, 0.25) is 0 Å². The van der Waals surface area contributed by atoms with E-state index in [2.05, 4.69) is 31.1 Å². The minimum absolute atomic E-state index is 0.103. The van der Waals surface area contributed by atoms with E-state index in [1.54, 1.807) is 6.07 Å². The summed E-state index contributed by atoms with van der Waals surface area (Å²) in [5, 5.41) is 3.49. The molecule has 108 valence electrons. The van der Waals surface area contributed by atoms with Crippen LogP contribution in [0.15, 0.2) is 24.3 Å². The van der Waals surface area contributed by atoms with Crippen molar-refractivity contribution in [3.8, 4) is 0 Å². The lowest BCUT2D eigenvalue weighted by Gasteiger charge is -2.20. The summed E-state index contributed by atoms with van der Waals surface area (Å²) < 4.78 is 13.5. The van der Waals surface area contributed by atoms with Crippen molar-refractivity contribution in [2.45, 2.75) is 45.7 Å². The second-order valence-electron chi connectivity index (χ2n) is 5.13. The molecule has 19 heavy (non-hydrogen) atoms. The molecule has 0 fully saturated rings. The summed E-state index contributed by atoms with van der Waals surface area (Å²) in [7, 11) is 2.06. The van der Waals surface area contributed by atoms with Gasteiger partial charge in [0.15, 0.2) is 0 Å². The maximum absolute atomic E-state index is 13.5. The first kappa shape index (κ1) is 16.1.